The SMILES string of the molecule is CN1CC(=O)N(CC2NC(=N)N3CC(N(C)C(=O)c4cccc5c4CCCC5)C(O)(O)C34NC(=N)NC24)C1=O. The third-order valence-corrected chi connectivity index (χ3v) is 8.89. The molecule has 208 valence electrons. The fourth-order valence-electron chi connectivity index (χ4n) is 6.92. The summed E-state index contributed by atoms with van der Waals surface area (Å²) in [4.78, 5) is 43.8. The number of hydrogen-bond donors (Lipinski definition) is 7. The summed E-state index contributed by atoms with van der Waals surface area (Å²) in [5.74, 6) is -3.78. The van der Waals surface area contributed by atoms with Crippen LogP contribution in [0.25, 0.3) is 0 Å². The van der Waals surface area contributed by atoms with Crippen LogP contribution in [-0.2, 0) is 17.6 Å². The number of aliphatic hydroxyl groups is 2. The van der Waals surface area contributed by atoms with Gasteiger partial charge in [0.05, 0.1) is 18.6 Å². The van der Waals surface area contributed by atoms with Crippen LogP contribution >= 0.6 is 0 Å². The molecule has 1 aromatic rings. The average molecular weight is 540 g/mol. The number of aryl methyl sites for hydroxylation is 1. The zero-order valence-corrected chi connectivity index (χ0v) is 21.8. The van der Waals surface area contributed by atoms with Crippen LogP contribution in [-0.4, -0.2) is 123 Å². The zero-order valence-electron chi connectivity index (χ0n) is 21.8. The lowest BCUT2D eigenvalue weighted by Gasteiger charge is -2.51. The molecule has 4 amide bonds. The highest BCUT2D eigenvalue weighted by atomic mass is 16.5. The molecule has 0 bridgehead atoms. The summed E-state index contributed by atoms with van der Waals surface area (Å²) in [6.45, 7) is -0.335. The zero-order chi connectivity index (χ0) is 27.9. The van der Waals surface area contributed by atoms with Gasteiger partial charge in [-0.05, 0) is 42.9 Å². The third kappa shape index (κ3) is 3.44. The number of imide groups is 1. The van der Waals surface area contributed by atoms with Crippen molar-refractivity contribution < 1.29 is 24.6 Å². The van der Waals surface area contributed by atoms with E-state index in [-0.39, 0.29) is 37.5 Å². The summed E-state index contributed by atoms with van der Waals surface area (Å²) < 4.78 is 0. The molecule has 14 nitrogen and oxygen atoms in total. The van der Waals surface area contributed by atoms with Crippen molar-refractivity contribution in [1.29, 1.82) is 10.8 Å². The summed E-state index contributed by atoms with van der Waals surface area (Å²) in [5.41, 5.74) is 0.818. The van der Waals surface area contributed by atoms with E-state index in [0.717, 1.165) is 41.7 Å². The molecule has 7 N–H and O–H groups in total. The van der Waals surface area contributed by atoms with Crippen LogP contribution in [0.3, 0.4) is 0 Å². The molecule has 4 saturated heterocycles. The van der Waals surface area contributed by atoms with E-state index in [1.165, 1.54) is 28.8 Å². The number of nitrogens with one attached hydrogen (secondary N) is 5. The van der Waals surface area contributed by atoms with E-state index in [2.05, 4.69) is 16.0 Å². The van der Waals surface area contributed by atoms with E-state index in [9.17, 15) is 24.6 Å². The van der Waals surface area contributed by atoms with Crippen molar-refractivity contribution in [3.05, 3.63) is 34.9 Å². The van der Waals surface area contributed by atoms with Gasteiger partial charge in [-0.3, -0.25) is 25.3 Å². The van der Waals surface area contributed by atoms with E-state index < -0.39 is 41.5 Å². The van der Waals surface area contributed by atoms with Crippen LogP contribution in [0.1, 0.15) is 34.3 Å². The Balaban J connectivity index is 1.33. The number of rotatable bonds is 4. The van der Waals surface area contributed by atoms with E-state index in [1.807, 2.05) is 12.1 Å². The Kier molecular flexibility index (Phi) is 5.56. The Labute approximate surface area is 224 Å². The molecule has 0 radical (unpaired) electrons. The smallest absolute Gasteiger partial charge is 0.327 e. The van der Waals surface area contributed by atoms with Crippen molar-refractivity contribution in [3.8, 4) is 0 Å². The highest BCUT2D eigenvalue weighted by Gasteiger charge is 2.75. The maximum atomic E-state index is 13.8. The fraction of sp³-hybridized carbons (Fsp3) is 0.560. The Morgan fingerprint density at radius 3 is 2.64 bits per heavy atom. The second kappa shape index (κ2) is 8.55. The number of guanidine groups is 2. The molecule has 14 heteroatoms. The van der Waals surface area contributed by atoms with Gasteiger partial charge in [0.15, 0.2) is 17.6 Å². The molecule has 5 aliphatic rings. The molecule has 1 spiro atoms. The van der Waals surface area contributed by atoms with Gasteiger partial charge in [0.1, 0.15) is 12.6 Å². The lowest BCUT2D eigenvalue weighted by molar-refractivity contribution is -0.242. The summed E-state index contributed by atoms with van der Waals surface area (Å²) >= 11 is 0. The highest BCUT2D eigenvalue weighted by Crippen LogP contribution is 2.45. The van der Waals surface area contributed by atoms with Crippen molar-refractivity contribution in [2.24, 2.45) is 0 Å². The minimum absolute atomic E-state index is 0.0749. The van der Waals surface area contributed by atoms with Gasteiger partial charge in [0.25, 0.3) is 5.91 Å². The molecule has 4 aliphatic heterocycles. The third-order valence-electron chi connectivity index (χ3n) is 8.89. The molecular weight excluding hydrogens is 506 g/mol. The predicted octanol–water partition coefficient (Wildman–Crippen LogP) is -2.00. The highest BCUT2D eigenvalue weighted by molar-refractivity contribution is 6.02. The van der Waals surface area contributed by atoms with Crippen LogP contribution in [0.2, 0.25) is 0 Å². The number of carbonyl (C=O) groups is 3. The molecule has 4 fully saturated rings. The van der Waals surface area contributed by atoms with Crippen molar-refractivity contribution in [2.75, 3.05) is 33.7 Å². The number of hydrogen-bond acceptors (Lipinski definition) is 7. The van der Waals surface area contributed by atoms with Gasteiger partial charge < -0.3 is 40.9 Å². The number of fused-ring (bicyclic) bond motifs is 1. The van der Waals surface area contributed by atoms with Gasteiger partial charge >= 0.3 is 6.03 Å². The first-order chi connectivity index (χ1) is 18.5. The van der Waals surface area contributed by atoms with Gasteiger partial charge in [0.2, 0.25) is 11.7 Å². The number of likely N-dealkylation sites (N-methyl/N-ethyl adjacent to an activating group) is 2. The van der Waals surface area contributed by atoms with Gasteiger partial charge in [-0.25, -0.2) is 4.79 Å². The first kappa shape index (κ1) is 25.4. The first-order valence-electron chi connectivity index (χ1n) is 13.1. The molecule has 0 saturated carbocycles. The molecule has 4 unspecified atom stereocenters. The Morgan fingerprint density at radius 1 is 1.18 bits per heavy atom. The molecule has 1 aromatic carbocycles. The molecule has 4 heterocycles. The van der Waals surface area contributed by atoms with E-state index in [4.69, 9.17) is 10.8 Å². The van der Waals surface area contributed by atoms with Gasteiger partial charge in [0, 0.05) is 26.2 Å². The van der Waals surface area contributed by atoms with E-state index in [1.54, 1.807) is 6.07 Å². The second-order valence-corrected chi connectivity index (χ2v) is 11.0. The maximum absolute atomic E-state index is 13.8. The van der Waals surface area contributed by atoms with Crippen molar-refractivity contribution >= 4 is 29.8 Å². The van der Waals surface area contributed by atoms with Crippen LogP contribution in [0, 0.1) is 10.8 Å². The molecule has 6 rings (SSSR count). The lowest BCUT2D eigenvalue weighted by atomic mass is 9.83. The number of urea groups is 1. The van der Waals surface area contributed by atoms with Gasteiger partial charge in [-0.15, -0.1) is 0 Å². The van der Waals surface area contributed by atoms with Crippen LogP contribution < -0.4 is 16.0 Å². The minimum atomic E-state index is -2.63. The van der Waals surface area contributed by atoms with E-state index in [0.29, 0.717) is 5.56 Å². The average Bonchev–Trinajstić information content (AvgIpc) is 3.47. The number of benzene rings is 1. The summed E-state index contributed by atoms with van der Waals surface area (Å²) in [6.07, 6.45) is 3.71. The van der Waals surface area contributed by atoms with Crippen molar-refractivity contribution in [3.63, 3.8) is 0 Å². The van der Waals surface area contributed by atoms with Crippen LogP contribution in [0.15, 0.2) is 18.2 Å². The maximum Gasteiger partial charge on any atom is 0.327 e. The number of amides is 4. The normalized spacial score (nSPS) is 30.9. The van der Waals surface area contributed by atoms with Crippen molar-refractivity contribution in [1.82, 2.24) is 35.6 Å². The summed E-state index contributed by atoms with van der Waals surface area (Å²) in [5, 5.41) is 49.4. The standard InChI is InChI=1S/C25H33N9O5/c1-31-12-18(35)33(23(31)37)10-16-19-24(30-21(26)29-19)25(38,39)17(11-34(24)22(27)28-16)32(2)20(36)15-9-5-7-13-6-3-4-8-14(13)15/h5,7,9,16-17,19,38-39H,3-4,6,8,10-12H2,1-2H3,(H2,27,28)(H3,26,29,30). The summed E-state index contributed by atoms with van der Waals surface area (Å²) in [7, 11) is 3.02. The molecule has 39 heavy (non-hydrogen) atoms. The second-order valence-electron chi connectivity index (χ2n) is 11.0. The van der Waals surface area contributed by atoms with Crippen LogP contribution in [0.5, 0.6) is 0 Å². The predicted molar refractivity (Wildman–Crippen MR) is 138 cm³/mol. The molecular formula is C25H33N9O5. The number of nitrogens with zero attached hydrogens (tertiary/aromatic N) is 4. The monoisotopic (exact) mass is 539 g/mol. The van der Waals surface area contributed by atoms with Crippen molar-refractivity contribution in [2.45, 2.75) is 55.3 Å². The Morgan fingerprint density at radius 2 is 1.92 bits per heavy atom. The van der Waals surface area contributed by atoms with Gasteiger partial charge in [-0.2, -0.15) is 0 Å². The largest absolute Gasteiger partial charge is 0.361 e. The van der Waals surface area contributed by atoms with Gasteiger partial charge in [-0.1, -0.05) is 12.1 Å². The number of carbonyl (C=O) groups excluding carboxylic acids is 3. The minimum Gasteiger partial charge on any atom is -0.361 e. The molecule has 0 aromatic heterocycles. The van der Waals surface area contributed by atoms with Crippen LogP contribution in [0.4, 0.5) is 4.79 Å². The molecule has 1 aliphatic carbocycles. The first-order valence-corrected chi connectivity index (χ1v) is 13.1. The van der Waals surface area contributed by atoms with E-state index >= 15 is 0 Å². The fourth-order valence-corrected chi connectivity index (χ4v) is 6.92. The lowest BCUT2D eigenvalue weighted by Crippen LogP contribution is -2.81. The topological polar surface area (TPSA) is 188 Å². The molecule has 4 atom stereocenters. The Bertz CT molecular complexity index is 1300. The summed E-state index contributed by atoms with van der Waals surface area (Å²) in [6, 6.07) is 2.18. The Hall–Kier alpha value is -3.91. The quantitative estimate of drug-likeness (QED) is 0.168.